The number of nitrogens with zero attached hydrogens (tertiary/aromatic N) is 1. The molecule has 0 bridgehead atoms. The Bertz CT molecular complexity index is 942. The van der Waals surface area contributed by atoms with Crippen LogP contribution in [0, 0.1) is 6.92 Å². The maximum atomic E-state index is 12.9. The lowest BCUT2D eigenvalue weighted by Crippen LogP contribution is -2.29. The summed E-state index contributed by atoms with van der Waals surface area (Å²) in [6.45, 7) is 4.85. The van der Waals surface area contributed by atoms with Gasteiger partial charge < -0.3 is 15.5 Å². The molecule has 0 radical (unpaired) electrons. The van der Waals surface area contributed by atoms with Crippen molar-refractivity contribution in [3.05, 3.63) is 65.2 Å². The fourth-order valence-corrected chi connectivity index (χ4v) is 3.36. The van der Waals surface area contributed by atoms with E-state index >= 15 is 0 Å². The number of amides is 3. The first-order chi connectivity index (χ1) is 13.9. The van der Waals surface area contributed by atoms with Crippen LogP contribution in [-0.4, -0.2) is 35.7 Å². The highest BCUT2D eigenvalue weighted by atomic mass is 16.2. The van der Waals surface area contributed by atoms with Crippen LogP contribution in [0.25, 0.3) is 6.08 Å². The van der Waals surface area contributed by atoms with Crippen LogP contribution < -0.4 is 10.6 Å². The molecule has 6 nitrogen and oxygen atoms in total. The number of anilines is 2. The zero-order chi connectivity index (χ0) is 20.8. The van der Waals surface area contributed by atoms with Crippen molar-refractivity contribution in [3.63, 3.8) is 0 Å². The molecule has 0 aromatic heterocycles. The first kappa shape index (κ1) is 20.3. The Kier molecular flexibility index (Phi) is 6.44. The lowest BCUT2D eigenvalue weighted by molar-refractivity contribution is -0.114. The number of hydrogen-bond acceptors (Lipinski definition) is 3. The van der Waals surface area contributed by atoms with Gasteiger partial charge in [0.2, 0.25) is 11.8 Å². The molecule has 1 aliphatic heterocycles. The van der Waals surface area contributed by atoms with Gasteiger partial charge in [-0.2, -0.15) is 0 Å². The van der Waals surface area contributed by atoms with E-state index in [0.29, 0.717) is 16.9 Å². The normalized spacial score (nSPS) is 13.5. The summed E-state index contributed by atoms with van der Waals surface area (Å²) in [6.07, 6.45) is 5.15. The highest BCUT2D eigenvalue weighted by molar-refractivity contribution is 6.08. The van der Waals surface area contributed by atoms with Gasteiger partial charge in [0.25, 0.3) is 5.91 Å². The molecule has 0 unspecified atom stereocenters. The van der Waals surface area contributed by atoms with Crippen LogP contribution in [0.2, 0.25) is 0 Å². The standard InChI is InChI=1S/C23H25N3O3/c1-16-6-5-7-20(22(16)23(29)26-14-3-4-15-26)25-21(28)13-10-18-8-11-19(12-9-18)24-17(2)27/h5-13H,3-4,14-15H2,1-2H3,(H,24,27)(H,25,28)/b13-10+. The molecule has 3 amide bonds. The predicted octanol–water partition coefficient (Wildman–Crippen LogP) is 3.84. The minimum atomic E-state index is -0.308. The quantitative estimate of drug-likeness (QED) is 0.760. The summed E-state index contributed by atoms with van der Waals surface area (Å²) in [7, 11) is 0. The Balaban J connectivity index is 1.70. The Labute approximate surface area is 170 Å². The van der Waals surface area contributed by atoms with Crippen molar-refractivity contribution in [3.8, 4) is 0 Å². The second-order valence-electron chi connectivity index (χ2n) is 7.12. The molecule has 150 valence electrons. The van der Waals surface area contributed by atoms with Gasteiger partial charge in [-0.25, -0.2) is 0 Å². The van der Waals surface area contributed by atoms with Gasteiger partial charge in [0.1, 0.15) is 0 Å². The van der Waals surface area contributed by atoms with Gasteiger partial charge in [0, 0.05) is 31.8 Å². The van der Waals surface area contributed by atoms with Crippen LogP contribution in [0.15, 0.2) is 48.5 Å². The van der Waals surface area contributed by atoms with Crippen molar-refractivity contribution in [2.75, 3.05) is 23.7 Å². The molecular weight excluding hydrogens is 366 g/mol. The maximum Gasteiger partial charge on any atom is 0.256 e. The molecule has 1 fully saturated rings. The smallest absolute Gasteiger partial charge is 0.256 e. The number of nitrogens with one attached hydrogen (secondary N) is 2. The number of carbonyl (C=O) groups is 3. The monoisotopic (exact) mass is 391 g/mol. The summed E-state index contributed by atoms with van der Waals surface area (Å²) in [6, 6.07) is 12.6. The van der Waals surface area contributed by atoms with Gasteiger partial charge in [-0.1, -0.05) is 24.3 Å². The fraction of sp³-hybridized carbons (Fsp3) is 0.261. The third kappa shape index (κ3) is 5.31. The molecule has 2 aromatic carbocycles. The number of hydrogen-bond donors (Lipinski definition) is 2. The molecule has 0 saturated carbocycles. The lowest BCUT2D eigenvalue weighted by Gasteiger charge is -2.19. The molecule has 0 spiro atoms. The molecule has 2 aromatic rings. The van der Waals surface area contributed by atoms with Crippen LogP contribution in [0.3, 0.4) is 0 Å². The average molecular weight is 391 g/mol. The molecule has 2 N–H and O–H groups in total. The Hall–Kier alpha value is -3.41. The topological polar surface area (TPSA) is 78.5 Å². The number of aryl methyl sites for hydroxylation is 1. The van der Waals surface area contributed by atoms with E-state index < -0.39 is 0 Å². The second kappa shape index (κ2) is 9.19. The van der Waals surface area contributed by atoms with Gasteiger partial charge in [-0.15, -0.1) is 0 Å². The number of carbonyl (C=O) groups excluding carboxylic acids is 3. The summed E-state index contributed by atoms with van der Waals surface area (Å²) in [5.41, 5.74) is 3.45. The SMILES string of the molecule is CC(=O)Nc1ccc(/C=C/C(=O)Nc2cccc(C)c2C(=O)N2CCCC2)cc1. The average Bonchev–Trinajstić information content (AvgIpc) is 3.22. The first-order valence-electron chi connectivity index (χ1n) is 9.69. The molecular formula is C23H25N3O3. The van der Waals surface area contributed by atoms with E-state index in [1.807, 2.05) is 36.1 Å². The zero-order valence-corrected chi connectivity index (χ0v) is 16.7. The first-order valence-corrected chi connectivity index (χ1v) is 9.69. The van der Waals surface area contributed by atoms with E-state index in [9.17, 15) is 14.4 Å². The molecule has 0 aliphatic carbocycles. The number of likely N-dealkylation sites (tertiary alicyclic amines) is 1. The van der Waals surface area contributed by atoms with Crippen LogP contribution in [0.4, 0.5) is 11.4 Å². The van der Waals surface area contributed by atoms with Gasteiger partial charge >= 0.3 is 0 Å². The summed E-state index contributed by atoms with van der Waals surface area (Å²) in [5, 5.41) is 5.53. The van der Waals surface area contributed by atoms with Gasteiger partial charge in [-0.05, 0) is 55.2 Å². The Morgan fingerprint density at radius 2 is 1.66 bits per heavy atom. The minimum absolute atomic E-state index is 0.0339. The fourth-order valence-electron chi connectivity index (χ4n) is 3.36. The molecule has 1 aliphatic rings. The zero-order valence-electron chi connectivity index (χ0n) is 16.7. The largest absolute Gasteiger partial charge is 0.339 e. The van der Waals surface area contributed by atoms with Crippen molar-refractivity contribution in [2.24, 2.45) is 0 Å². The number of benzene rings is 2. The summed E-state index contributed by atoms with van der Waals surface area (Å²) in [4.78, 5) is 38.2. The van der Waals surface area contributed by atoms with Crippen molar-refractivity contribution in [1.82, 2.24) is 4.90 Å². The van der Waals surface area contributed by atoms with Crippen molar-refractivity contribution < 1.29 is 14.4 Å². The second-order valence-corrected chi connectivity index (χ2v) is 7.12. The number of rotatable bonds is 5. The Morgan fingerprint density at radius 1 is 0.966 bits per heavy atom. The third-order valence-corrected chi connectivity index (χ3v) is 4.80. The van der Waals surface area contributed by atoms with Crippen LogP contribution in [0.1, 0.15) is 41.3 Å². The van der Waals surface area contributed by atoms with E-state index in [0.717, 1.165) is 37.1 Å². The van der Waals surface area contributed by atoms with Gasteiger partial charge in [0.15, 0.2) is 0 Å². The minimum Gasteiger partial charge on any atom is -0.339 e. The molecule has 1 saturated heterocycles. The van der Waals surface area contributed by atoms with E-state index in [-0.39, 0.29) is 17.7 Å². The van der Waals surface area contributed by atoms with E-state index in [1.165, 1.54) is 13.0 Å². The molecule has 1 heterocycles. The van der Waals surface area contributed by atoms with Crippen LogP contribution >= 0.6 is 0 Å². The summed E-state index contributed by atoms with van der Waals surface area (Å²) in [5.74, 6) is -0.476. The van der Waals surface area contributed by atoms with Gasteiger partial charge in [0.05, 0.1) is 11.3 Å². The van der Waals surface area contributed by atoms with E-state index in [4.69, 9.17) is 0 Å². The van der Waals surface area contributed by atoms with E-state index in [2.05, 4.69) is 10.6 Å². The lowest BCUT2D eigenvalue weighted by atomic mass is 10.0. The van der Waals surface area contributed by atoms with Crippen LogP contribution in [-0.2, 0) is 9.59 Å². The summed E-state index contributed by atoms with van der Waals surface area (Å²) >= 11 is 0. The predicted molar refractivity (Wildman–Crippen MR) is 115 cm³/mol. The Morgan fingerprint density at radius 3 is 2.31 bits per heavy atom. The summed E-state index contributed by atoms with van der Waals surface area (Å²) < 4.78 is 0. The highest BCUT2D eigenvalue weighted by Crippen LogP contribution is 2.23. The molecule has 29 heavy (non-hydrogen) atoms. The molecule has 6 heteroatoms. The van der Waals surface area contributed by atoms with Gasteiger partial charge in [-0.3, -0.25) is 14.4 Å². The van der Waals surface area contributed by atoms with Crippen molar-refractivity contribution >= 4 is 35.2 Å². The van der Waals surface area contributed by atoms with Crippen molar-refractivity contribution in [2.45, 2.75) is 26.7 Å². The molecule has 3 rings (SSSR count). The van der Waals surface area contributed by atoms with Crippen molar-refractivity contribution in [1.29, 1.82) is 0 Å². The van der Waals surface area contributed by atoms with Crippen LogP contribution in [0.5, 0.6) is 0 Å². The maximum absolute atomic E-state index is 12.9. The third-order valence-electron chi connectivity index (χ3n) is 4.80. The molecule has 0 atom stereocenters. The highest BCUT2D eigenvalue weighted by Gasteiger charge is 2.23. The van der Waals surface area contributed by atoms with E-state index in [1.54, 1.807) is 24.3 Å².